The number of imidazole rings is 1. The summed E-state index contributed by atoms with van der Waals surface area (Å²) < 4.78 is 16.4. The van der Waals surface area contributed by atoms with E-state index in [1.807, 2.05) is 23.6 Å². The normalized spacial score (nSPS) is 11.4. The van der Waals surface area contributed by atoms with Gasteiger partial charge >= 0.3 is 0 Å². The van der Waals surface area contributed by atoms with Crippen LogP contribution in [0.2, 0.25) is 0 Å². The molecule has 0 saturated heterocycles. The first-order valence-corrected chi connectivity index (χ1v) is 7.01. The first kappa shape index (κ1) is 11.4. The summed E-state index contributed by atoms with van der Waals surface area (Å²) in [5.41, 5.74) is 8.24. The van der Waals surface area contributed by atoms with Crippen LogP contribution in [0.3, 0.4) is 0 Å². The number of nitrogens with zero attached hydrogens (tertiary/aromatic N) is 2. The van der Waals surface area contributed by atoms with E-state index in [0.29, 0.717) is 17.0 Å². The second-order valence-electron chi connectivity index (χ2n) is 4.58. The number of anilines is 1. The van der Waals surface area contributed by atoms with Crippen LogP contribution < -0.4 is 5.73 Å². The average Bonchev–Trinajstić information content (AvgIpc) is 3.00. The molecule has 5 heteroatoms. The van der Waals surface area contributed by atoms with Crippen molar-refractivity contribution >= 4 is 38.4 Å². The van der Waals surface area contributed by atoms with Crippen molar-refractivity contribution in [2.75, 3.05) is 5.73 Å². The Balaban J connectivity index is 2.05. The van der Waals surface area contributed by atoms with E-state index in [4.69, 9.17) is 5.73 Å². The van der Waals surface area contributed by atoms with Crippen LogP contribution in [-0.2, 0) is 0 Å². The van der Waals surface area contributed by atoms with Crippen LogP contribution in [0.15, 0.2) is 47.8 Å². The molecule has 0 aliphatic carbocycles. The van der Waals surface area contributed by atoms with Crippen LogP contribution in [0.5, 0.6) is 0 Å². The quantitative estimate of drug-likeness (QED) is 0.574. The third kappa shape index (κ3) is 1.60. The lowest BCUT2D eigenvalue weighted by Gasteiger charge is -2.06. The summed E-state index contributed by atoms with van der Waals surface area (Å²) in [5, 5.41) is 3.19. The molecule has 0 amide bonds. The molecule has 0 unspecified atom stereocenters. The van der Waals surface area contributed by atoms with E-state index >= 15 is 0 Å². The highest BCUT2D eigenvalue weighted by Crippen LogP contribution is 2.28. The molecule has 0 bridgehead atoms. The molecule has 0 spiro atoms. The minimum absolute atomic E-state index is 0.296. The summed E-state index contributed by atoms with van der Waals surface area (Å²) in [6, 6.07) is 12.6. The highest BCUT2D eigenvalue weighted by Gasteiger charge is 2.11. The number of hydrogen-bond donors (Lipinski definition) is 1. The topological polar surface area (TPSA) is 43.8 Å². The van der Waals surface area contributed by atoms with Crippen LogP contribution in [0.4, 0.5) is 10.3 Å². The van der Waals surface area contributed by atoms with Gasteiger partial charge in [0.1, 0.15) is 5.82 Å². The molecule has 4 aromatic rings. The third-order valence-electron chi connectivity index (χ3n) is 3.34. The number of thiophene rings is 1. The molecule has 20 heavy (non-hydrogen) atoms. The second kappa shape index (κ2) is 4.05. The summed E-state index contributed by atoms with van der Waals surface area (Å²) in [7, 11) is 0. The largest absolute Gasteiger partial charge is 0.369 e. The Morgan fingerprint density at radius 2 is 2.00 bits per heavy atom. The number of halogens is 1. The van der Waals surface area contributed by atoms with E-state index in [0.717, 1.165) is 11.1 Å². The van der Waals surface area contributed by atoms with Crippen LogP contribution >= 0.6 is 11.3 Å². The first-order chi connectivity index (χ1) is 9.72. The molecule has 4 rings (SSSR count). The first-order valence-electron chi connectivity index (χ1n) is 6.13. The average molecular weight is 283 g/mol. The maximum Gasteiger partial charge on any atom is 0.205 e. The molecule has 0 aliphatic heterocycles. The predicted octanol–water partition coefficient (Wildman–Crippen LogP) is 3.96. The Morgan fingerprint density at radius 1 is 1.10 bits per heavy atom. The van der Waals surface area contributed by atoms with Crippen LogP contribution in [0.1, 0.15) is 0 Å². The van der Waals surface area contributed by atoms with Crippen molar-refractivity contribution in [2.24, 2.45) is 0 Å². The highest BCUT2D eigenvalue weighted by atomic mass is 32.1. The van der Waals surface area contributed by atoms with Crippen molar-refractivity contribution < 1.29 is 4.39 Å². The molecule has 2 aromatic carbocycles. The van der Waals surface area contributed by atoms with Crippen molar-refractivity contribution in [3.05, 3.63) is 53.7 Å². The SMILES string of the molecule is Nc1nc2ccc(F)cc2n1-c1ccc2sccc2c1. The summed E-state index contributed by atoms with van der Waals surface area (Å²) in [6.07, 6.45) is 0. The molecular weight excluding hydrogens is 273 g/mol. The third-order valence-corrected chi connectivity index (χ3v) is 4.23. The monoisotopic (exact) mass is 283 g/mol. The lowest BCUT2D eigenvalue weighted by atomic mass is 10.2. The van der Waals surface area contributed by atoms with Crippen molar-refractivity contribution in [1.82, 2.24) is 9.55 Å². The van der Waals surface area contributed by atoms with Gasteiger partial charge in [-0.05, 0) is 47.2 Å². The van der Waals surface area contributed by atoms with Gasteiger partial charge < -0.3 is 5.73 Å². The van der Waals surface area contributed by atoms with Gasteiger partial charge in [0, 0.05) is 16.5 Å². The molecule has 98 valence electrons. The Kier molecular flexibility index (Phi) is 2.31. The second-order valence-corrected chi connectivity index (χ2v) is 5.53. The van der Waals surface area contributed by atoms with Gasteiger partial charge in [0.2, 0.25) is 5.95 Å². The van der Waals surface area contributed by atoms with E-state index in [-0.39, 0.29) is 5.82 Å². The Hall–Kier alpha value is -2.40. The molecule has 0 radical (unpaired) electrons. The number of nitrogens with two attached hydrogens (primary N) is 1. The van der Waals surface area contributed by atoms with E-state index in [2.05, 4.69) is 11.1 Å². The molecule has 0 saturated carbocycles. The van der Waals surface area contributed by atoms with Gasteiger partial charge in [0.25, 0.3) is 0 Å². The smallest absolute Gasteiger partial charge is 0.205 e. The zero-order chi connectivity index (χ0) is 13.7. The number of nitrogen functional groups attached to an aromatic ring is 1. The minimum Gasteiger partial charge on any atom is -0.369 e. The molecule has 3 nitrogen and oxygen atoms in total. The zero-order valence-electron chi connectivity index (χ0n) is 10.4. The Bertz CT molecular complexity index is 939. The molecule has 0 atom stereocenters. The zero-order valence-corrected chi connectivity index (χ0v) is 11.2. The van der Waals surface area contributed by atoms with E-state index in [9.17, 15) is 4.39 Å². The lowest BCUT2D eigenvalue weighted by Crippen LogP contribution is -2.00. The molecule has 2 heterocycles. The predicted molar refractivity (Wildman–Crippen MR) is 80.8 cm³/mol. The van der Waals surface area contributed by atoms with Gasteiger partial charge in [0.05, 0.1) is 11.0 Å². The van der Waals surface area contributed by atoms with E-state index < -0.39 is 0 Å². The minimum atomic E-state index is -0.296. The van der Waals surface area contributed by atoms with Crippen molar-refractivity contribution in [3.63, 3.8) is 0 Å². The Labute approximate surface area is 118 Å². The maximum absolute atomic E-state index is 13.5. The summed E-state index contributed by atoms with van der Waals surface area (Å²) in [6.45, 7) is 0. The van der Waals surface area contributed by atoms with Crippen LogP contribution in [0, 0.1) is 5.82 Å². The summed E-state index contributed by atoms with van der Waals surface area (Å²) >= 11 is 1.69. The molecule has 0 fully saturated rings. The molecule has 2 N–H and O–H groups in total. The van der Waals surface area contributed by atoms with Gasteiger partial charge in [0.15, 0.2) is 0 Å². The van der Waals surface area contributed by atoms with Gasteiger partial charge in [-0.15, -0.1) is 11.3 Å². The Morgan fingerprint density at radius 3 is 2.90 bits per heavy atom. The molecular formula is C15H10FN3S. The number of fused-ring (bicyclic) bond motifs is 2. The lowest BCUT2D eigenvalue weighted by molar-refractivity contribution is 0.629. The van der Waals surface area contributed by atoms with Crippen LogP contribution in [0.25, 0.3) is 26.8 Å². The van der Waals surface area contributed by atoms with E-state index in [1.54, 1.807) is 22.0 Å². The number of benzene rings is 2. The fourth-order valence-corrected chi connectivity index (χ4v) is 3.20. The fourth-order valence-electron chi connectivity index (χ4n) is 2.43. The van der Waals surface area contributed by atoms with Gasteiger partial charge in [-0.25, -0.2) is 9.37 Å². The maximum atomic E-state index is 13.5. The van der Waals surface area contributed by atoms with Crippen molar-refractivity contribution in [3.8, 4) is 5.69 Å². The standard InChI is InChI=1S/C15H10FN3S/c16-10-1-3-12-13(8-10)19(15(17)18-12)11-2-4-14-9(7-11)5-6-20-14/h1-8H,(H2,17,18). The molecule has 0 aliphatic rings. The highest BCUT2D eigenvalue weighted by molar-refractivity contribution is 7.17. The van der Waals surface area contributed by atoms with Crippen LogP contribution in [-0.4, -0.2) is 9.55 Å². The summed E-state index contributed by atoms with van der Waals surface area (Å²) in [5.74, 6) is 0.0652. The van der Waals surface area contributed by atoms with Crippen molar-refractivity contribution in [2.45, 2.75) is 0 Å². The number of rotatable bonds is 1. The van der Waals surface area contributed by atoms with Crippen molar-refractivity contribution in [1.29, 1.82) is 0 Å². The van der Waals surface area contributed by atoms with Gasteiger partial charge in [-0.3, -0.25) is 4.57 Å². The van der Waals surface area contributed by atoms with Gasteiger partial charge in [-0.1, -0.05) is 0 Å². The van der Waals surface area contributed by atoms with Gasteiger partial charge in [-0.2, -0.15) is 0 Å². The fraction of sp³-hybridized carbons (Fsp3) is 0. The van der Waals surface area contributed by atoms with E-state index in [1.165, 1.54) is 16.8 Å². The number of aromatic nitrogens is 2. The number of hydrogen-bond acceptors (Lipinski definition) is 3. The molecule has 2 aromatic heterocycles. The summed E-state index contributed by atoms with van der Waals surface area (Å²) in [4.78, 5) is 4.27.